The number of anilines is 3. The Hall–Kier alpha value is -2.63. The van der Waals surface area contributed by atoms with Crippen molar-refractivity contribution in [1.29, 1.82) is 0 Å². The Bertz CT molecular complexity index is 1190. The van der Waals surface area contributed by atoms with E-state index in [-0.39, 0.29) is 11.1 Å². The lowest BCUT2D eigenvalue weighted by atomic mass is 10.1. The molecule has 1 atom stereocenters. The summed E-state index contributed by atoms with van der Waals surface area (Å²) < 4.78 is 39.2. The monoisotopic (exact) mass is 451 g/mol. The Balaban J connectivity index is 1.63. The number of benzene rings is 1. The lowest BCUT2D eigenvalue weighted by molar-refractivity contribution is 0.463. The van der Waals surface area contributed by atoms with E-state index in [1.807, 2.05) is 4.90 Å². The van der Waals surface area contributed by atoms with E-state index in [1.165, 1.54) is 18.5 Å². The second-order valence-corrected chi connectivity index (χ2v) is 9.24. The summed E-state index contributed by atoms with van der Waals surface area (Å²) in [6.45, 7) is 1.17. The summed E-state index contributed by atoms with van der Waals surface area (Å²) in [5.74, 6) is 0.369. The summed E-state index contributed by atoms with van der Waals surface area (Å²) in [5.41, 5.74) is 1.57. The third kappa shape index (κ3) is 4.74. The average molecular weight is 452 g/mol. The van der Waals surface area contributed by atoms with E-state index in [9.17, 15) is 12.8 Å². The fraction of sp³-hybridized carbons (Fsp3) is 0.333. The van der Waals surface area contributed by atoms with Crippen molar-refractivity contribution in [2.45, 2.75) is 18.9 Å². The van der Waals surface area contributed by atoms with Crippen molar-refractivity contribution in [3.05, 3.63) is 41.6 Å². The summed E-state index contributed by atoms with van der Waals surface area (Å²) in [4.78, 5) is 19.4. The molecule has 0 amide bonds. The fourth-order valence-electron chi connectivity index (χ4n) is 3.36. The second-order valence-electron chi connectivity index (χ2n) is 7.06. The number of piperidine rings is 1. The van der Waals surface area contributed by atoms with Gasteiger partial charge in [-0.3, -0.25) is 0 Å². The molecule has 0 spiro atoms. The molecule has 1 unspecified atom stereocenters. The maximum Gasteiger partial charge on any atom is 0.226 e. The van der Waals surface area contributed by atoms with Crippen LogP contribution >= 0.6 is 11.6 Å². The number of hydrogen-bond acceptors (Lipinski definition) is 8. The van der Waals surface area contributed by atoms with Gasteiger partial charge in [-0.2, -0.15) is 0 Å². The Morgan fingerprint density at radius 1 is 1.27 bits per heavy atom. The van der Waals surface area contributed by atoms with Gasteiger partial charge in [0, 0.05) is 24.8 Å². The van der Waals surface area contributed by atoms with E-state index in [2.05, 4.69) is 30.0 Å². The highest BCUT2D eigenvalue weighted by atomic mass is 35.5. The normalized spacial score (nSPS) is 17.3. The highest BCUT2D eigenvalue weighted by molar-refractivity contribution is 7.88. The molecule has 2 aromatic heterocycles. The molecule has 3 heterocycles. The van der Waals surface area contributed by atoms with Crippen molar-refractivity contribution in [2.24, 2.45) is 0 Å². The van der Waals surface area contributed by atoms with E-state index < -0.39 is 15.8 Å². The van der Waals surface area contributed by atoms with E-state index in [0.29, 0.717) is 41.6 Å². The second kappa shape index (κ2) is 8.25. The summed E-state index contributed by atoms with van der Waals surface area (Å²) >= 11 is 5.86. The molecule has 2 N–H and O–H groups in total. The number of halogens is 2. The lowest BCUT2D eigenvalue weighted by Crippen LogP contribution is -2.48. The van der Waals surface area contributed by atoms with Crippen molar-refractivity contribution < 1.29 is 12.8 Å². The average Bonchev–Trinajstić information content (AvgIpc) is 2.70. The van der Waals surface area contributed by atoms with Gasteiger partial charge in [0.05, 0.1) is 17.5 Å². The van der Waals surface area contributed by atoms with Crippen LogP contribution < -0.4 is 14.9 Å². The SMILES string of the molecule is CS(=O)(=O)NC1CCCN(c2ncc3ncnc(Nc4ccc(F)c(Cl)c4)c3n2)C1. The molecule has 30 heavy (non-hydrogen) atoms. The molecule has 1 fully saturated rings. The minimum absolute atomic E-state index is 0.00795. The van der Waals surface area contributed by atoms with E-state index in [4.69, 9.17) is 11.6 Å². The van der Waals surface area contributed by atoms with E-state index in [0.717, 1.165) is 19.1 Å². The fourth-order valence-corrected chi connectivity index (χ4v) is 4.34. The third-order valence-corrected chi connectivity index (χ3v) is 5.68. The van der Waals surface area contributed by atoms with Crippen LogP contribution in [0.4, 0.5) is 21.8 Å². The van der Waals surface area contributed by atoms with Gasteiger partial charge in [0.1, 0.15) is 23.2 Å². The van der Waals surface area contributed by atoms with E-state index >= 15 is 0 Å². The van der Waals surface area contributed by atoms with Crippen LogP contribution in [0.25, 0.3) is 11.0 Å². The predicted molar refractivity (Wildman–Crippen MR) is 113 cm³/mol. The first kappa shape index (κ1) is 20.6. The summed E-state index contributed by atoms with van der Waals surface area (Å²) in [5, 5.41) is 3.07. The molecule has 158 valence electrons. The van der Waals surface area contributed by atoms with Crippen LogP contribution in [0.3, 0.4) is 0 Å². The molecule has 4 rings (SSSR count). The Labute approximate surface area is 177 Å². The van der Waals surface area contributed by atoms with Crippen molar-refractivity contribution in [3.8, 4) is 0 Å². The van der Waals surface area contributed by atoms with Gasteiger partial charge in [0.2, 0.25) is 16.0 Å². The first-order valence-electron chi connectivity index (χ1n) is 9.20. The minimum atomic E-state index is -3.30. The highest BCUT2D eigenvalue weighted by Crippen LogP contribution is 2.26. The molecular formula is C18H19ClFN7O2S. The van der Waals surface area contributed by atoms with Crippen molar-refractivity contribution in [2.75, 3.05) is 29.6 Å². The molecule has 0 bridgehead atoms. The number of hydrogen-bond donors (Lipinski definition) is 2. The number of aromatic nitrogens is 4. The predicted octanol–water partition coefficient (Wildman–Crippen LogP) is 2.47. The van der Waals surface area contributed by atoms with Gasteiger partial charge >= 0.3 is 0 Å². The quantitative estimate of drug-likeness (QED) is 0.608. The van der Waals surface area contributed by atoms with Crippen molar-refractivity contribution in [3.63, 3.8) is 0 Å². The van der Waals surface area contributed by atoms with Gasteiger partial charge in [0.25, 0.3) is 0 Å². The van der Waals surface area contributed by atoms with Crippen LogP contribution in [0, 0.1) is 5.82 Å². The Morgan fingerprint density at radius 3 is 2.87 bits per heavy atom. The number of nitrogens with zero attached hydrogens (tertiary/aromatic N) is 5. The lowest BCUT2D eigenvalue weighted by Gasteiger charge is -2.32. The van der Waals surface area contributed by atoms with Crippen LogP contribution in [0.5, 0.6) is 0 Å². The molecule has 12 heteroatoms. The molecular weight excluding hydrogens is 433 g/mol. The van der Waals surface area contributed by atoms with Crippen LogP contribution in [-0.4, -0.2) is 53.7 Å². The third-order valence-electron chi connectivity index (χ3n) is 4.63. The Kier molecular flexibility index (Phi) is 5.67. The zero-order valence-corrected chi connectivity index (χ0v) is 17.6. The zero-order valence-electron chi connectivity index (χ0n) is 16.0. The molecule has 1 aliphatic heterocycles. The van der Waals surface area contributed by atoms with Crippen LogP contribution in [0.15, 0.2) is 30.7 Å². The smallest absolute Gasteiger partial charge is 0.226 e. The maximum atomic E-state index is 13.4. The minimum Gasteiger partial charge on any atom is -0.339 e. The molecule has 0 radical (unpaired) electrons. The molecule has 9 nitrogen and oxygen atoms in total. The molecule has 0 saturated carbocycles. The summed E-state index contributed by atoms with van der Waals surface area (Å²) in [6, 6.07) is 4.05. The number of nitrogens with one attached hydrogen (secondary N) is 2. The summed E-state index contributed by atoms with van der Waals surface area (Å²) in [6.07, 6.45) is 5.68. The standard InChI is InChI=1S/C18H19ClFN7O2S/c1-30(28,29)26-12-3-2-6-27(9-12)18-21-8-15-16(25-18)17(23-10-22-15)24-11-4-5-14(20)13(19)7-11/h4-5,7-8,10,12,26H,2-3,6,9H2,1H3,(H,22,23,24). The van der Waals surface area contributed by atoms with Crippen molar-refractivity contribution >= 4 is 50.1 Å². The zero-order chi connectivity index (χ0) is 21.3. The van der Waals surface area contributed by atoms with Gasteiger partial charge in [-0.05, 0) is 31.0 Å². The first-order valence-corrected chi connectivity index (χ1v) is 11.5. The maximum absolute atomic E-state index is 13.4. The molecule has 3 aromatic rings. The van der Waals surface area contributed by atoms with Crippen LogP contribution in [0.2, 0.25) is 5.02 Å². The van der Waals surface area contributed by atoms with Gasteiger partial charge in [0.15, 0.2) is 5.82 Å². The number of fused-ring (bicyclic) bond motifs is 1. The van der Waals surface area contributed by atoms with Gasteiger partial charge in [-0.15, -0.1) is 0 Å². The van der Waals surface area contributed by atoms with Crippen LogP contribution in [0.1, 0.15) is 12.8 Å². The molecule has 1 aromatic carbocycles. The van der Waals surface area contributed by atoms with E-state index in [1.54, 1.807) is 12.3 Å². The Morgan fingerprint density at radius 2 is 2.10 bits per heavy atom. The van der Waals surface area contributed by atoms with Crippen molar-refractivity contribution in [1.82, 2.24) is 24.7 Å². The largest absolute Gasteiger partial charge is 0.339 e. The number of rotatable bonds is 5. The first-order chi connectivity index (χ1) is 14.3. The van der Waals surface area contributed by atoms with Gasteiger partial charge in [-0.1, -0.05) is 11.6 Å². The molecule has 1 saturated heterocycles. The molecule has 0 aliphatic carbocycles. The topological polar surface area (TPSA) is 113 Å². The summed E-state index contributed by atoms with van der Waals surface area (Å²) in [7, 11) is -3.30. The number of sulfonamides is 1. The highest BCUT2D eigenvalue weighted by Gasteiger charge is 2.24. The van der Waals surface area contributed by atoms with Gasteiger partial charge in [-0.25, -0.2) is 37.5 Å². The van der Waals surface area contributed by atoms with Gasteiger partial charge < -0.3 is 10.2 Å². The van der Waals surface area contributed by atoms with Crippen LogP contribution in [-0.2, 0) is 10.0 Å². The molecule has 1 aliphatic rings.